The van der Waals surface area contributed by atoms with Crippen LogP contribution in [0.1, 0.15) is 38.3 Å². The van der Waals surface area contributed by atoms with Crippen LogP contribution in [-0.2, 0) is 0 Å². The Morgan fingerprint density at radius 1 is 1.32 bits per heavy atom. The van der Waals surface area contributed by atoms with Gasteiger partial charge in [0.05, 0.1) is 6.61 Å². The molecule has 3 heteroatoms. The van der Waals surface area contributed by atoms with Crippen molar-refractivity contribution < 1.29 is 4.74 Å². The number of hydrogen-bond donors (Lipinski definition) is 1. The van der Waals surface area contributed by atoms with Crippen LogP contribution in [0.4, 0.5) is 0 Å². The van der Waals surface area contributed by atoms with Crippen LogP contribution in [0.2, 0.25) is 0 Å². The van der Waals surface area contributed by atoms with Crippen molar-refractivity contribution in [2.75, 3.05) is 26.7 Å². The van der Waals surface area contributed by atoms with Crippen LogP contribution in [0.25, 0.3) is 0 Å². The molecular weight excluding hydrogens is 236 g/mol. The first-order valence-corrected chi connectivity index (χ1v) is 7.37. The average Bonchev–Trinajstić information content (AvgIpc) is 3.24. The Balaban J connectivity index is 1.73. The lowest BCUT2D eigenvalue weighted by Crippen LogP contribution is -2.31. The molecule has 1 aromatic rings. The molecule has 1 aliphatic rings. The molecule has 0 aromatic heterocycles. The molecule has 0 aliphatic heterocycles. The van der Waals surface area contributed by atoms with Gasteiger partial charge in [0.1, 0.15) is 5.75 Å². The van der Waals surface area contributed by atoms with E-state index in [-0.39, 0.29) is 0 Å². The first kappa shape index (κ1) is 14.4. The van der Waals surface area contributed by atoms with Gasteiger partial charge < -0.3 is 15.0 Å². The average molecular weight is 262 g/mol. The Morgan fingerprint density at radius 3 is 2.58 bits per heavy atom. The fourth-order valence-electron chi connectivity index (χ4n) is 2.29. The highest BCUT2D eigenvalue weighted by atomic mass is 16.5. The van der Waals surface area contributed by atoms with Gasteiger partial charge in [-0.3, -0.25) is 0 Å². The van der Waals surface area contributed by atoms with Crippen LogP contribution in [0.5, 0.6) is 5.75 Å². The highest BCUT2D eigenvalue weighted by molar-refractivity contribution is 5.28. The number of ether oxygens (including phenoxy) is 1. The van der Waals surface area contributed by atoms with Crippen LogP contribution in [-0.4, -0.2) is 37.7 Å². The second-order valence-corrected chi connectivity index (χ2v) is 5.39. The highest BCUT2D eigenvalue weighted by Gasteiger charge is 2.25. The van der Waals surface area contributed by atoms with Gasteiger partial charge in [-0.15, -0.1) is 0 Å². The normalized spacial score (nSPS) is 16.6. The van der Waals surface area contributed by atoms with E-state index in [9.17, 15) is 0 Å². The van der Waals surface area contributed by atoms with E-state index in [1.807, 2.05) is 19.1 Å². The van der Waals surface area contributed by atoms with Gasteiger partial charge in [0.25, 0.3) is 0 Å². The van der Waals surface area contributed by atoms with Crippen molar-refractivity contribution in [2.24, 2.45) is 0 Å². The smallest absolute Gasteiger partial charge is 0.119 e. The van der Waals surface area contributed by atoms with Crippen LogP contribution in [0.15, 0.2) is 24.3 Å². The Hall–Kier alpha value is -1.06. The lowest BCUT2D eigenvalue weighted by atomic mass is 10.1. The summed E-state index contributed by atoms with van der Waals surface area (Å²) in [4.78, 5) is 2.46. The molecule has 0 heterocycles. The minimum Gasteiger partial charge on any atom is -0.494 e. The van der Waals surface area contributed by atoms with E-state index in [2.05, 4.69) is 36.3 Å². The third-order valence-electron chi connectivity index (χ3n) is 3.78. The fourth-order valence-corrected chi connectivity index (χ4v) is 2.29. The van der Waals surface area contributed by atoms with Gasteiger partial charge in [0, 0.05) is 25.2 Å². The van der Waals surface area contributed by atoms with Crippen molar-refractivity contribution in [1.29, 1.82) is 0 Å². The van der Waals surface area contributed by atoms with Crippen molar-refractivity contribution in [3.05, 3.63) is 29.8 Å². The van der Waals surface area contributed by atoms with Gasteiger partial charge in [-0.05, 0) is 51.4 Å². The first-order valence-electron chi connectivity index (χ1n) is 7.37. The van der Waals surface area contributed by atoms with Gasteiger partial charge in [-0.2, -0.15) is 0 Å². The number of rotatable bonds is 8. The van der Waals surface area contributed by atoms with Crippen molar-refractivity contribution in [3.63, 3.8) is 0 Å². The quantitative estimate of drug-likeness (QED) is 0.779. The van der Waals surface area contributed by atoms with E-state index < -0.39 is 0 Å². The second-order valence-electron chi connectivity index (χ2n) is 5.39. The first-order chi connectivity index (χ1) is 9.20. The summed E-state index contributed by atoms with van der Waals surface area (Å²) in [5, 5.41) is 3.58. The molecule has 1 unspecified atom stereocenters. The third-order valence-corrected chi connectivity index (χ3v) is 3.78. The molecule has 1 N–H and O–H groups in total. The molecule has 19 heavy (non-hydrogen) atoms. The van der Waals surface area contributed by atoms with Gasteiger partial charge in [0.2, 0.25) is 0 Å². The predicted molar refractivity (Wildman–Crippen MR) is 79.7 cm³/mol. The maximum Gasteiger partial charge on any atom is 0.119 e. The molecular formula is C16H26N2O. The number of nitrogens with one attached hydrogen (secondary N) is 1. The molecule has 0 spiro atoms. The summed E-state index contributed by atoms with van der Waals surface area (Å²) >= 11 is 0. The zero-order chi connectivity index (χ0) is 13.7. The molecule has 0 saturated heterocycles. The van der Waals surface area contributed by atoms with E-state index in [4.69, 9.17) is 4.74 Å². The van der Waals surface area contributed by atoms with Crippen molar-refractivity contribution >= 4 is 0 Å². The maximum absolute atomic E-state index is 5.46. The highest BCUT2D eigenvalue weighted by Crippen LogP contribution is 2.24. The standard InChI is InChI=1S/C16H26N2O/c1-4-19-16-9-5-14(6-10-16)13(2)17-11-12-18(3)15-7-8-15/h5-6,9-10,13,15,17H,4,7-8,11-12H2,1-3H3. The van der Waals surface area contributed by atoms with E-state index in [1.54, 1.807) is 0 Å². The van der Waals surface area contributed by atoms with Crippen molar-refractivity contribution in [3.8, 4) is 5.75 Å². The summed E-state index contributed by atoms with van der Waals surface area (Å²) in [6.07, 6.45) is 2.76. The van der Waals surface area contributed by atoms with Crippen molar-refractivity contribution in [1.82, 2.24) is 10.2 Å². The monoisotopic (exact) mass is 262 g/mol. The molecule has 2 rings (SSSR count). The number of hydrogen-bond acceptors (Lipinski definition) is 3. The van der Waals surface area contributed by atoms with Gasteiger partial charge >= 0.3 is 0 Å². The molecule has 1 fully saturated rings. The van der Waals surface area contributed by atoms with Gasteiger partial charge in [-0.25, -0.2) is 0 Å². The zero-order valence-corrected chi connectivity index (χ0v) is 12.4. The Bertz CT molecular complexity index is 373. The topological polar surface area (TPSA) is 24.5 Å². The van der Waals surface area contributed by atoms with Crippen molar-refractivity contribution in [2.45, 2.75) is 38.8 Å². The number of benzene rings is 1. The molecule has 106 valence electrons. The summed E-state index contributed by atoms with van der Waals surface area (Å²) < 4.78 is 5.46. The van der Waals surface area contributed by atoms with E-state index in [0.29, 0.717) is 6.04 Å². The van der Waals surface area contributed by atoms with E-state index >= 15 is 0 Å². The fraction of sp³-hybridized carbons (Fsp3) is 0.625. The Kier molecular flexibility index (Phi) is 5.23. The summed E-state index contributed by atoms with van der Waals surface area (Å²) in [5.41, 5.74) is 1.32. The third kappa shape index (κ3) is 4.51. The Labute approximate surface area is 116 Å². The molecule has 3 nitrogen and oxygen atoms in total. The van der Waals surface area contributed by atoms with Gasteiger partial charge in [-0.1, -0.05) is 12.1 Å². The lowest BCUT2D eigenvalue weighted by Gasteiger charge is -2.19. The molecule has 1 aromatic carbocycles. The van der Waals surface area contributed by atoms with Crippen LogP contribution in [0.3, 0.4) is 0 Å². The molecule has 0 radical (unpaired) electrons. The van der Waals surface area contributed by atoms with E-state index in [0.717, 1.165) is 31.5 Å². The van der Waals surface area contributed by atoms with Crippen LogP contribution in [0, 0.1) is 0 Å². The lowest BCUT2D eigenvalue weighted by molar-refractivity contribution is 0.316. The molecule has 0 bridgehead atoms. The molecule has 1 atom stereocenters. The summed E-state index contributed by atoms with van der Waals surface area (Å²) in [5.74, 6) is 0.951. The molecule has 1 saturated carbocycles. The summed E-state index contributed by atoms with van der Waals surface area (Å²) in [7, 11) is 2.22. The van der Waals surface area contributed by atoms with Crippen LogP contribution >= 0.6 is 0 Å². The van der Waals surface area contributed by atoms with Gasteiger partial charge in [0.15, 0.2) is 0 Å². The largest absolute Gasteiger partial charge is 0.494 e. The van der Waals surface area contributed by atoms with E-state index in [1.165, 1.54) is 18.4 Å². The number of nitrogens with zero attached hydrogens (tertiary/aromatic N) is 1. The SMILES string of the molecule is CCOc1ccc(C(C)NCCN(C)C2CC2)cc1. The molecule has 1 aliphatic carbocycles. The molecule has 0 amide bonds. The van der Waals surface area contributed by atoms with Crippen LogP contribution < -0.4 is 10.1 Å². The summed E-state index contributed by atoms with van der Waals surface area (Å²) in [6, 6.07) is 9.63. The minimum absolute atomic E-state index is 0.392. The summed E-state index contributed by atoms with van der Waals surface area (Å²) in [6.45, 7) is 7.12. The Morgan fingerprint density at radius 2 is 2.00 bits per heavy atom. The number of likely N-dealkylation sites (N-methyl/N-ethyl adjacent to an activating group) is 1. The minimum atomic E-state index is 0.392. The second kappa shape index (κ2) is 6.92. The zero-order valence-electron chi connectivity index (χ0n) is 12.4. The predicted octanol–water partition coefficient (Wildman–Crippen LogP) is 2.83. The maximum atomic E-state index is 5.46.